The van der Waals surface area contributed by atoms with E-state index in [1.54, 1.807) is 0 Å². The number of hydrogen-bond donors (Lipinski definition) is 1. The highest BCUT2D eigenvalue weighted by molar-refractivity contribution is 4.80. The Hall–Kier alpha value is -0.340. The van der Waals surface area contributed by atoms with Gasteiger partial charge < -0.3 is 5.11 Å². The molecular weight excluding hydrogens is 150 g/mol. The molecule has 0 spiro atoms. The van der Waals surface area contributed by atoms with Crippen LogP contribution in [0, 0.1) is 0 Å². The van der Waals surface area contributed by atoms with Crippen LogP contribution in [-0.4, -0.2) is 35.2 Å². The first-order chi connectivity index (χ1) is 5.74. The summed E-state index contributed by atoms with van der Waals surface area (Å²) < 4.78 is 0. The first-order valence-corrected chi connectivity index (χ1v) is 4.77. The van der Waals surface area contributed by atoms with Crippen LogP contribution in [0.15, 0.2) is 12.7 Å². The summed E-state index contributed by atoms with van der Waals surface area (Å²) in [6, 6.07) is 0.633. The molecule has 0 radical (unpaired) electrons. The van der Waals surface area contributed by atoms with Crippen LogP contribution in [0.25, 0.3) is 0 Å². The van der Waals surface area contributed by atoms with Crippen molar-refractivity contribution in [2.24, 2.45) is 0 Å². The Morgan fingerprint density at radius 2 is 2.33 bits per heavy atom. The van der Waals surface area contributed by atoms with E-state index in [0.29, 0.717) is 6.04 Å². The minimum Gasteiger partial charge on any atom is -0.392 e. The lowest BCUT2D eigenvalue weighted by molar-refractivity contribution is 0.0422. The number of hydrogen-bond acceptors (Lipinski definition) is 2. The Morgan fingerprint density at radius 3 is 3.00 bits per heavy atom. The van der Waals surface area contributed by atoms with E-state index in [-0.39, 0.29) is 6.10 Å². The number of nitrogens with zero attached hydrogens (tertiary/aromatic N) is 1. The van der Waals surface area contributed by atoms with E-state index >= 15 is 0 Å². The third-order valence-corrected chi connectivity index (χ3v) is 2.61. The van der Waals surface area contributed by atoms with Gasteiger partial charge in [-0.15, -0.1) is 6.58 Å². The average Bonchev–Trinajstić information content (AvgIpc) is 2.07. The number of β-amino-alcohol motifs (C(OH)–C–C–N with tert-alkyl or cyclic N) is 1. The SMILES string of the molecule is C=CCCN1C[C@@H](O)CC[C@@H]1C. The van der Waals surface area contributed by atoms with E-state index in [0.717, 1.165) is 32.4 Å². The van der Waals surface area contributed by atoms with Crippen molar-refractivity contribution in [2.75, 3.05) is 13.1 Å². The number of rotatable bonds is 3. The molecule has 2 nitrogen and oxygen atoms in total. The second kappa shape index (κ2) is 4.63. The van der Waals surface area contributed by atoms with Gasteiger partial charge in [0.05, 0.1) is 6.10 Å². The number of aliphatic hydroxyl groups is 1. The minimum atomic E-state index is -0.106. The maximum atomic E-state index is 9.43. The first-order valence-electron chi connectivity index (χ1n) is 4.77. The van der Waals surface area contributed by atoms with Crippen molar-refractivity contribution in [1.82, 2.24) is 4.90 Å². The molecule has 70 valence electrons. The summed E-state index contributed by atoms with van der Waals surface area (Å²) in [5.74, 6) is 0. The van der Waals surface area contributed by atoms with E-state index in [1.807, 2.05) is 6.08 Å². The lowest BCUT2D eigenvalue weighted by Crippen LogP contribution is -2.44. The van der Waals surface area contributed by atoms with Crippen LogP contribution in [0.5, 0.6) is 0 Å². The Labute approximate surface area is 74.9 Å². The normalized spacial score (nSPS) is 31.8. The molecule has 0 aromatic carbocycles. The predicted octanol–water partition coefficient (Wildman–Crippen LogP) is 1.41. The molecule has 0 aliphatic carbocycles. The summed E-state index contributed by atoms with van der Waals surface area (Å²) in [4.78, 5) is 2.34. The van der Waals surface area contributed by atoms with Crippen molar-refractivity contribution in [3.05, 3.63) is 12.7 Å². The molecule has 2 heteroatoms. The molecule has 1 rings (SSSR count). The number of likely N-dealkylation sites (tertiary alicyclic amines) is 1. The van der Waals surface area contributed by atoms with Gasteiger partial charge in [0.15, 0.2) is 0 Å². The second-order valence-electron chi connectivity index (χ2n) is 3.65. The zero-order valence-corrected chi connectivity index (χ0v) is 7.87. The molecule has 0 aromatic heterocycles. The Balaban J connectivity index is 2.32. The van der Waals surface area contributed by atoms with Crippen molar-refractivity contribution in [2.45, 2.75) is 38.3 Å². The Kier molecular flexibility index (Phi) is 3.76. The molecule has 0 unspecified atom stereocenters. The fraction of sp³-hybridized carbons (Fsp3) is 0.800. The van der Waals surface area contributed by atoms with Gasteiger partial charge in [0.25, 0.3) is 0 Å². The van der Waals surface area contributed by atoms with Gasteiger partial charge in [-0.25, -0.2) is 0 Å². The quantitative estimate of drug-likeness (QED) is 0.646. The molecule has 1 heterocycles. The molecule has 0 aromatic rings. The smallest absolute Gasteiger partial charge is 0.0667 e. The van der Waals surface area contributed by atoms with Crippen LogP contribution in [0.1, 0.15) is 26.2 Å². The maximum Gasteiger partial charge on any atom is 0.0667 e. The summed E-state index contributed by atoms with van der Waals surface area (Å²) in [5, 5.41) is 9.43. The summed E-state index contributed by atoms with van der Waals surface area (Å²) in [7, 11) is 0. The topological polar surface area (TPSA) is 23.5 Å². The van der Waals surface area contributed by atoms with E-state index in [1.165, 1.54) is 0 Å². The van der Waals surface area contributed by atoms with Gasteiger partial charge in [-0.2, -0.15) is 0 Å². The third-order valence-electron chi connectivity index (χ3n) is 2.61. The largest absolute Gasteiger partial charge is 0.392 e. The van der Waals surface area contributed by atoms with Crippen molar-refractivity contribution in [1.29, 1.82) is 0 Å². The lowest BCUT2D eigenvalue weighted by atomic mass is 10.0. The third kappa shape index (κ3) is 2.61. The Bertz CT molecular complexity index is 147. The van der Waals surface area contributed by atoms with Crippen LogP contribution in [0.2, 0.25) is 0 Å². The maximum absolute atomic E-state index is 9.43. The zero-order chi connectivity index (χ0) is 8.97. The predicted molar refractivity (Wildman–Crippen MR) is 51.1 cm³/mol. The van der Waals surface area contributed by atoms with Gasteiger partial charge in [-0.3, -0.25) is 4.90 Å². The lowest BCUT2D eigenvalue weighted by Gasteiger charge is -2.35. The highest BCUT2D eigenvalue weighted by Gasteiger charge is 2.22. The molecule has 12 heavy (non-hydrogen) atoms. The monoisotopic (exact) mass is 169 g/mol. The molecule has 0 amide bonds. The molecule has 1 N–H and O–H groups in total. The van der Waals surface area contributed by atoms with Gasteiger partial charge in [0.2, 0.25) is 0 Å². The summed E-state index contributed by atoms with van der Waals surface area (Å²) in [5.41, 5.74) is 0. The Morgan fingerprint density at radius 1 is 1.58 bits per heavy atom. The van der Waals surface area contributed by atoms with Crippen molar-refractivity contribution in [3.63, 3.8) is 0 Å². The zero-order valence-electron chi connectivity index (χ0n) is 7.87. The fourth-order valence-electron chi connectivity index (χ4n) is 1.73. The van der Waals surface area contributed by atoms with Crippen molar-refractivity contribution in [3.8, 4) is 0 Å². The molecule has 2 atom stereocenters. The second-order valence-corrected chi connectivity index (χ2v) is 3.65. The van der Waals surface area contributed by atoms with E-state index in [4.69, 9.17) is 0 Å². The summed E-state index contributed by atoms with van der Waals surface area (Å²) >= 11 is 0. The molecule has 0 saturated carbocycles. The average molecular weight is 169 g/mol. The van der Waals surface area contributed by atoms with Crippen LogP contribution in [-0.2, 0) is 0 Å². The molecule has 1 saturated heterocycles. The summed E-state index contributed by atoms with van der Waals surface area (Å²) in [6.07, 6.45) is 4.94. The standard InChI is InChI=1S/C10H19NO/c1-3-4-7-11-8-10(12)6-5-9(11)2/h3,9-10,12H,1,4-8H2,2H3/t9-,10-/m0/s1. The van der Waals surface area contributed by atoms with E-state index < -0.39 is 0 Å². The van der Waals surface area contributed by atoms with Gasteiger partial charge in [0.1, 0.15) is 0 Å². The number of aliphatic hydroxyl groups excluding tert-OH is 1. The van der Waals surface area contributed by atoms with Crippen molar-refractivity contribution < 1.29 is 5.11 Å². The summed E-state index contributed by atoms with van der Waals surface area (Å²) in [6.45, 7) is 7.82. The van der Waals surface area contributed by atoms with Crippen LogP contribution in [0.3, 0.4) is 0 Å². The highest BCUT2D eigenvalue weighted by atomic mass is 16.3. The van der Waals surface area contributed by atoms with E-state index in [2.05, 4.69) is 18.4 Å². The van der Waals surface area contributed by atoms with E-state index in [9.17, 15) is 5.11 Å². The fourth-order valence-corrected chi connectivity index (χ4v) is 1.73. The molecule has 1 aliphatic heterocycles. The first kappa shape index (κ1) is 9.75. The molecule has 1 fully saturated rings. The van der Waals surface area contributed by atoms with Crippen LogP contribution in [0.4, 0.5) is 0 Å². The van der Waals surface area contributed by atoms with Gasteiger partial charge >= 0.3 is 0 Å². The molecule has 1 aliphatic rings. The highest BCUT2D eigenvalue weighted by Crippen LogP contribution is 2.16. The molecular formula is C10H19NO. The van der Waals surface area contributed by atoms with Gasteiger partial charge in [-0.1, -0.05) is 6.08 Å². The van der Waals surface area contributed by atoms with Crippen molar-refractivity contribution >= 4 is 0 Å². The number of piperidine rings is 1. The van der Waals surface area contributed by atoms with Gasteiger partial charge in [-0.05, 0) is 26.2 Å². The van der Waals surface area contributed by atoms with Crippen LogP contribution < -0.4 is 0 Å². The minimum absolute atomic E-state index is 0.106. The van der Waals surface area contributed by atoms with Gasteiger partial charge in [0, 0.05) is 19.1 Å². The molecule has 0 bridgehead atoms. The van der Waals surface area contributed by atoms with Crippen LogP contribution >= 0.6 is 0 Å².